The standard InChI is InChI=1S/C24H33N3O4S/c1-16(26-32(30,31)24-13-17-10-18(14-24)12-19(11-17)15-24)23(29)27-9-5-8-21(27)22(28)25-20-6-3-2-4-7-20/h2-4,6-7,16-19,21,26H,5,8-15H2,1H3,(H,25,28)/t16-,17?,18?,19?,21-,24?/m0/s1. The highest BCUT2D eigenvalue weighted by Crippen LogP contribution is 2.58. The van der Waals surface area contributed by atoms with Crippen LogP contribution in [0, 0.1) is 17.8 Å². The maximum Gasteiger partial charge on any atom is 0.247 e. The highest BCUT2D eigenvalue weighted by atomic mass is 32.2. The Morgan fingerprint density at radius 2 is 1.62 bits per heavy atom. The quantitative estimate of drug-likeness (QED) is 0.684. The minimum atomic E-state index is -3.64. The van der Waals surface area contributed by atoms with Crippen molar-refractivity contribution in [2.24, 2.45) is 17.8 Å². The number of likely N-dealkylation sites (tertiary alicyclic amines) is 1. The van der Waals surface area contributed by atoms with Gasteiger partial charge < -0.3 is 10.2 Å². The molecule has 1 heterocycles. The SMILES string of the molecule is C[C@H](NS(=O)(=O)C12CC3CC(CC(C3)C1)C2)C(=O)N1CCC[C@H]1C(=O)Nc1ccccc1. The van der Waals surface area contributed by atoms with E-state index in [1.807, 2.05) is 18.2 Å². The number of carbonyl (C=O) groups excluding carboxylic acids is 2. The Bertz CT molecular complexity index is 958. The lowest BCUT2D eigenvalue weighted by atomic mass is 9.56. The molecule has 1 aromatic carbocycles. The van der Waals surface area contributed by atoms with Gasteiger partial charge in [0, 0.05) is 12.2 Å². The molecule has 0 spiro atoms. The van der Waals surface area contributed by atoms with Gasteiger partial charge in [-0.3, -0.25) is 9.59 Å². The van der Waals surface area contributed by atoms with E-state index in [1.165, 1.54) is 0 Å². The number of hydrogen-bond acceptors (Lipinski definition) is 4. The molecule has 1 aliphatic heterocycles. The number of sulfonamides is 1. The number of carbonyl (C=O) groups is 2. The van der Waals surface area contributed by atoms with Crippen LogP contribution in [0.2, 0.25) is 0 Å². The third-order valence-electron chi connectivity index (χ3n) is 8.13. The van der Waals surface area contributed by atoms with Crippen LogP contribution in [-0.4, -0.2) is 48.5 Å². The van der Waals surface area contributed by atoms with Gasteiger partial charge in [0.1, 0.15) is 6.04 Å². The smallest absolute Gasteiger partial charge is 0.247 e. The molecule has 0 unspecified atom stereocenters. The van der Waals surface area contributed by atoms with Crippen LogP contribution in [0.1, 0.15) is 58.3 Å². The Kier molecular flexibility index (Phi) is 5.56. The molecule has 0 aromatic heterocycles. The summed E-state index contributed by atoms with van der Waals surface area (Å²) < 4.78 is 29.1. The molecule has 4 bridgehead atoms. The van der Waals surface area contributed by atoms with Gasteiger partial charge in [-0.15, -0.1) is 0 Å². The van der Waals surface area contributed by atoms with Crippen LogP contribution >= 0.6 is 0 Å². The fourth-order valence-corrected chi connectivity index (χ4v) is 9.25. The van der Waals surface area contributed by atoms with Crippen molar-refractivity contribution in [3.05, 3.63) is 30.3 Å². The highest BCUT2D eigenvalue weighted by molar-refractivity contribution is 7.91. The lowest BCUT2D eigenvalue weighted by molar-refractivity contribution is -0.137. The molecule has 4 aliphatic carbocycles. The van der Waals surface area contributed by atoms with E-state index >= 15 is 0 Å². The average Bonchev–Trinajstić information content (AvgIpc) is 3.22. The molecule has 2 amide bonds. The molecule has 2 N–H and O–H groups in total. The van der Waals surface area contributed by atoms with Crippen LogP contribution < -0.4 is 10.0 Å². The number of rotatable bonds is 6. The Morgan fingerprint density at radius 1 is 1.03 bits per heavy atom. The predicted molar refractivity (Wildman–Crippen MR) is 122 cm³/mol. The zero-order chi connectivity index (χ0) is 22.5. The molecule has 32 heavy (non-hydrogen) atoms. The number of amides is 2. The largest absolute Gasteiger partial charge is 0.329 e. The number of benzene rings is 1. The Balaban J connectivity index is 1.26. The van der Waals surface area contributed by atoms with Crippen molar-refractivity contribution in [1.82, 2.24) is 9.62 Å². The zero-order valence-electron chi connectivity index (χ0n) is 18.6. The van der Waals surface area contributed by atoms with Gasteiger partial charge in [-0.05, 0) is 88.2 Å². The summed E-state index contributed by atoms with van der Waals surface area (Å²) in [5, 5.41) is 2.87. The van der Waals surface area contributed by atoms with E-state index in [1.54, 1.807) is 24.0 Å². The normalized spacial score (nSPS) is 34.5. The van der Waals surface area contributed by atoms with Crippen LogP contribution in [-0.2, 0) is 19.6 Å². The monoisotopic (exact) mass is 459 g/mol. The third kappa shape index (κ3) is 3.85. The van der Waals surface area contributed by atoms with Gasteiger partial charge in [-0.25, -0.2) is 13.1 Å². The molecule has 2 atom stereocenters. The van der Waals surface area contributed by atoms with Crippen molar-refractivity contribution in [3.8, 4) is 0 Å². The molecule has 0 radical (unpaired) electrons. The van der Waals surface area contributed by atoms with E-state index in [0.29, 0.717) is 36.4 Å². The molecule has 174 valence electrons. The first-order valence-electron chi connectivity index (χ1n) is 11.9. The second-order valence-electron chi connectivity index (χ2n) is 10.5. The van der Waals surface area contributed by atoms with Gasteiger partial charge in [-0.1, -0.05) is 18.2 Å². The summed E-state index contributed by atoms with van der Waals surface area (Å²) in [5.41, 5.74) is 0.687. The number of para-hydroxylation sites is 1. The lowest BCUT2D eigenvalue weighted by Gasteiger charge is -2.55. The second-order valence-corrected chi connectivity index (χ2v) is 12.6. The summed E-state index contributed by atoms with van der Waals surface area (Å²) >= 11 is 0. The van der Waals surface area contributed by atoms with Gasteiger partial charge in [0.15, 0.2) is 0 Å². The average molecular weight is 460 g/mol. The third-order valence-corrected chi connectivity index (χ3v) is 10.4. The van der Waals surface area contributed by atoms with Crippen LogP contribution in [0.5, 0.6) is 0 Å². The lowest BCUT2D eigenvalue weighted by Crippen LogP contribution is -2.60. The molecular formula is C24H33N3O4S. The molecule has 5 aliphatic rings. The summed E-state index contributed by atoms with van der Waals surface area (Å²) in [6.45, 7) is 2.08. The minimum absolute atomic E-state index is 0.224. The van der Waals surface area contributed by atoms with Crippen molar-refractivity contribution in [3.63, 3.8) is 0 Å². The van der Waals surface area contributed by atoms with Crippen molar-refractivity contribution in [2.45, 2.75) is 75.1 Å². The van der Waals surface area contributed by atoms with E-state index in [9.17, 15) is 18.0 Å². The van der Waals surface area contributed by atoms with Gasteiger partial charge in [0.05, 0.1) is 10.8 Å². The second kappa shape index (κ2) is 8.13. The first-order chi connectivity index (χ1) is 15.3. The first-order valence-corrected chi connectivity index (χ1v) is 13.4. The van der Waals surface area contributed by atoms with Crippen molar-refractivity contribution in [1.29, 1.82) is 0 Å². The van der Waals surface area contributed by atoms with Crippen LogP contribution in [0.4, 0.5) is 5.69 Å². The molecule has 7 nitrogen and oxygen atoms in total. The summed E-state index contributed by atoms with van der Waals surface area (Å²) in [7, 11) is -3.64. The number of anilines is 1. The van der Waals surface area contributed by atoms with Crippen molar-refractivity contribution < 1.29 is 18.0 Å². The molecule has 4 saturated carbocycles. The summed E-state index contributed by atoms with van der Waals surface area (Å²) in [6.07, 6.45) is 6.97. The Morgan fingerprint density at radius 3 is 2.22 bits per heavy atom. The van der Waals surface area contributed by atoms with Crippen LogP contribution in [0.25, 0.3) is 0 Å². The van der Waals surface area contributed by atoms with E-state index in [2.05, 4.69) is 10.0 Å². The van der Waals surface area contributed by atoms with Gasteiger partial charge in [-0.2, -0.15) is 0 Å². The van der Waals surface area contributed by atoms with E-state index in [4.69, 9.17) is 0 Å². The molecule has 1 saturated heterocycles. The molecule has 1 aromatic rings. The maximum absolute atomic E-state index is 13.5. The highest BCUT2D eigenvalue weighted by Gasteiger charge is 2.58. The minimum Gasteiger partial charge on any atom is -0.329 e. The molecule has 8 heteroatoms. The Hall–Kier alpha value is -1.93. The van der Waals surface area contributed by atoms with Crippen molar-refractivity contribution >= 4 is 27.5 Å². The predicted octanol–water partition coefficient (Wildman–Crippen LogP) is 2.89. The number of nitrogens with zero attached hydrogens (tertiary/aromatic N) is 1. The molecule has 6 rings (SSSR count). The zero-order valence-corrected chi connectivity index (χ0v) is 19.4. The fraction of sp³-hybridized carbons (Fsp3) is 0.667. The molecular weight excluding hydrogens is 426 g/mol. The van der Waals surface area contributed by atoms with Gasteiger partial charge in [0.25, 0.3) is 0 Å². The topological polar surface area (TPSA) is 95.6 Å². The Labute approximate surface area is 190 Å². The summed E-state index contributed by atoms with van der Waals surface area (Å²) in [5.74, 6) is 0.984. The van der Waals surface area contributed by atoms with Crippen molar-refractivity contribution in [2.75, 3.05) is 11.9 Å². The number of nitrogens with one attached hydrogen (secondary N) is 2. The van der Waals surface area contributed by atoms with E-state index in [-0.39, 0.29) is 11.8 Å². The van der Waals surface area contributed by atoms with E-state index in [0.717, 1.165) is 44.9 Å². The van der Waals surface area contributed by atoms with Gasteiger partial charge >= 0.3 is 0 Å². The van der Waals surface area contributed by atoms with Gasteiger partial charge in [0.2, 0.25) is 21.8 Å². The molecule has 5 fully saturated rings. The summed E-state index contributed by atoms with van der Waals surface area (Å²) in [6, 6.07) is 7.72. The first kappa shape index (κ1) is 21.9. The summed E-state index contributed by atoms with van der Waals surface area (Å²) in [4.78, 5) is 27.6. The van der Waals surface area contributed by atoms with E-state index < -0.39 is 26.9 Å². The fourth-order valence-electron chi connectivity index (χ4n) is 7.07. The maximum atomic E-state index is 13.5. The van der Waals surface area contributed by atoms with Crippen LogP contribution in [0.15, 0.2) is 30.3 Å². The van der Waals surface area contributed by atoms with Crippen LogP contribution in [0.3, 0.4) is 0 Å². The number of hydrogen-bond donors (Lipinski definition) is 2.